The minimum atomic E-state index is -0.887. The summed E-state index contributed by atoms with van der Waals surface area (Å²) in [7, 11) is 3.19. The molecule has 2 heterocycles. The maximum absolute atomic E-state index is 14.2. The first-order valence-corrected chi connectivity index (χ1v) is 7.57. The molecule has 2 atom stereocenters. The standard InChI is InChI=1S/C15H20F2N4O/c1-20-13-7-10(17)12(19-14(13)21(2)15(20)22)8-18-11-6-4-3-5-9(11)16/h7,9,11,18H,3-6,8H2,1-2H3/t9-,11?/m0/s1. The van der Waals surface area contributed by atoms with Gasteiger partial charge >= 0.3 is 5.69 Å². The smallest absolute Gasteiger partial charge is 0.305 e. The zero-order chi connectivity index (χ0) is 15.9. The number of alkyl halides is 1. The lowest BCUT2D eigenvalue weighted by molar-refractivity contribution is 0.187. The van der Waals surface area contributed by atoms with E-state index in [1.54, 1.807) is 14.1 Å². The minimum Gasteiger partial charge on any atom is -0.305 e. The summed E-state index contributed by atoms with van der Waals surface area (Å²) in [5, 5.41) is 3.06. The van der Waals surface area contributed by atoms with Gasteiger partial charge in [-0.1, -0.05) is 12.8 Å². The van der Waals surface area contributed by atoms with Crippen molar-refractivity contribution in [2.24, 2.45) is 14.1 Å². The summed E-state index contributed by atoms with van der Waals surface area (Å²) in [4.78, 5) is 16.1. The number of imidazole rings is 1. The zero-order valence-corrected chi connectivity index (χ0v) is 12.8. The number of rotatable bonds is 3. The summed E-state index contributed by atoms with van der Waals surface area (Å²) in [5.41, 5.74) is 0.857. The molecule has 7 heteroatoms. The Morgan fingerprint density at radius 2 is 2.05 bits per heavy atom. The van der Waals surface area contributed by atoms with Gasteiger partial charge in [0, 0.05) is 32.7 Å². The molecule has 2 aromatic rings. The number of fused-ring (bicyclic) bond motifs is 1. The van der Waals surface area contributed by atoms with Crippen LogP contribution in [0.25, 0.3) is 11.2 Å². The van der Waals surface area contributed by atoms with Gasteiger partial charge in [0.25, 0.3) is 0 Å². The van der Waals surface area contributed by atoms with Crippen LogP contribution in [0.5, 0.6) is 0 Å². The molecule has 1 saturated carbocycles. The third kappa shape index (κ3) is 2.54. The van der Waals surface area contributed by atoms with Crippen molar-refractivity contribution in [2.75, 3.05) is 0 Å². The van der Waals surface area contributed by atoms with Gasteiger partial charge in [0.05, 0.1) is 11.2 Å². The molecule has 0 aliphatic heterocycles. The van der Waals surface area contributed by atoms with Crippen LogP contribution in [-0.4, -0.2) is 26.3 Å². The quantitative estimate of drug-likeness (QED) is 0.940. The largest absolute Gasteiger partial charge is 0.329 e. The van der Waals surface area contributed by atoms with E-state index in [9.17, 15) is 13.6 Å². The lowest BCUT2D eigenvalue weighted by atomic mass is 9.93. The Morgan fingerprint density at radius 3 is 2.77 bits per heavy atom. The van der Waals surface area contributed by atoms with Crippen molar-refractivity contribution in [3.8, 4) is 0 Å². The molecule has 1 aliphatic rings. The van der Waals surface area contributed by atoms with E-state index < -0.39 is 12.0 Å². The van der Waals surface area contributed by atoms with Gasteiger partial charge in [0.15, 0.2) is 5.65 Å². The zero-order valence-electron chi connectivity index (χ0n) is 12.8. The molecule has 0 aromatic carbocycles. The predicted molar refractivity (Wildman–Crippen MR) is 79.9 cm³/mol. The molecule has 2 aromatic heterocycles. The van der Waals surface area contributed by atoms with Gasteiger partial charge < -0.3 is 5.32 Å². The molecular weight excluding hydrogens is 290 g/mol. The Morgan fingerprint density at radius 1 is 1.32 bits per heavy atom. The van der Waals surface area contributed by atoms with Crippen molar-refractivity contribution in [1.29, 1.82) is 0 Å². The average molecular weight is 310 g/mol. The van der Waals surface area contributed by atoms with Crippen molar-refractivity contribution < 1.29 is 8.78 Å². The van der Waals surface area contributed by atoms with Crippen LogP contribution in [0.15, 0.2) is 10.9 Å². The molecule has 0 bridgehead atoms. The molecule has 0 spiro atoms. The molecule has 0 radical (unpaired) electrons. The summed E-state index contributed by atoms with van der Waals surface area (Å²) in [6.07, 6.45) is 2.32. The summed E-state index contributed by atoms with van der Waals surface area (Å²) in [6, 6.07) is 1.07. The summed E-state index contributed by atoms with van der Waals surface area (Å²) < 4.78 is 30.7. The van der Waals surface area contributed by atoms with Crippen LogP contribution in [-0.2, 0) is 20.6 Å². The van der Waals surface area contributed by atoms with Crippen LogP contribution in [0.1, 0.15) is 31.4 Å². The Balaban J connectivity index is 1.86. The topological polar surface area (TPSA) is 51.9 Å². The van der Waals surface area contributed by atoms with E-state index in [1.165, 1.54) is 15.2 Å². The fraction of sp³-hybridized carbons (Fsp3) is 0.600. The van der Waals surface area contributed by atoms with Crippen LogP contribution in [0, 0.1) is 5.82 Å². The Hall–Kier alpha value is -1.76. The molecule has 1 fully saturated rings. The van der Waals surface area contributed by atoms with Crippen LogP contribution in [0.2, 0.25) is 0 Å². The SMILES string of the molecule is Cn1c(=O)n(C)c2nc(CNC3CCCC[C@@H]3F)c(F)cc21. The molecule has 1 aliphatic carbocycles. The Labute approximate surface area is 127 Å². The van der Waals surface area contributed by atoms with Gasteiger partial charge in [0.2, 0.25) is 0 Å². The Kier molecular flexibility index (Phi) is 3.99. The molecule has 0 saturated heterocycles. The van der Waals surface area contributed by atoms with Crippen LogP contribution < -0.4 is 11.0 Å². The molecule has 1 unspecified atom stereocenters. The van der Waals surface area contributed by atoms with E-state index in [-0.39, 0.29) is 24.0 Å². The van der Waals surface area contributed by atoms with Crippen LogP contribution in [0.3, 0.4) is 0 Å². The first kappa shape index (κ1) is 15.1. The number of hydrogen-bond donors (Lipinski definition) is 1. The first-order chi connectivity index (χ1) is 10.5. The first-order valence-electron chi connectivity index (χ1n) is 7.57. The van der Waals surface area contributed by atoms with Crippen LogP contribution >= 0.6 is 0 Å². The minimum absolute atomic E-state index is 0.163. The second-order valence-electron chi connectivity index (χ2n) is 5.95. The second kappa shape index (κ2) is 5.79. The summed E-state index contributed by atoms with van der Waals surface area (Å²) >= 11 is 0. The number of hydrogen-bond acceptors (Lipinski definition) is 3. The third-order valence-corrected chi connectivity index (χ3v) is 4.48. The monoisotopic (exact) mass is 310 g/mol. The van der Waals surface area contributed by atoms with Gasteiger partial charge in [-0.15, -0.1) is 0 Å². The van der Waals surface area contributed by atoms with Gasteiger partial charge in [-0.25, -0.2) is 18.6 Å². The van der Waals surface area contributed by atoms with Crippen molar-refractivity contribution >= 4 is 11.2 Å². The molecule has 0 amide bonds. The van der Waals surface area contributed by atoms with Crippen molar-refractivity contribution in [3.63, 3.8) is 0 Å². The highest BCUT2D eigenvalue weighted by atomic mass is 19.1. The summed E-state index contributed by atoms with van der Waals surface area (Å²) in [6.45, 7) is 0.163. The molecular formula is C15H20F2N4O. The second-order valence-corrected chi connectivity index (χ2v) is 5.95. The normalized spacial score (nSPS) is 22.4. The highest BCUT2D eigenvalue weighted by molar-refractivity contribution is 5.71. The third-order valence-electron chi connectivity index (χ3n) is 4.48. The lowest BCUT2D eigenvalue weighted by Gasteiger charge is -2.26. The highest BCUT2D eigenvalue weighted by Crippen LogP contribution is 2.22. The molecule has 22 heavy (non-hydrogen) atoms. The van der Waals surface area contributed by atoms with E-state index in [4.69, 9.17) is 0 Å². The predicted octanol–water partition coefficient (Wildman–Crippen LogP) is 1.78. The number of aromatic nitrogens is 3. The van der Waals surface area contributed by atoms with Crippen molar-refractivity contribution in [2.45, 2.75) is 44.4 Å². The molecule has 1 N–H and O–H groups in total. The molecule has 3 rings (SSSR count). The highest BCUT2D eigenvalue weighted by Gasteiger charge is 2.24. The number of nitrogens with one attached hydrogen (secondary N) is 1. The Bertz CT molecular complexity index is 752. The number of pyridine rings is 1. The van der Waals surface area contributed by atoms with E-state index >= 15 is 0 Å². The average Bonchev–Trinajstić information content (AvgIpc) is 2.71. The maximum Gasteiger partial charge on any atom is 0.329 e. The number of halogens is 2. The number of nitrogens with zero attached hydrogens (tertiary/aromatic N) is 3. The van der Waals surface area contributed by atoms with Crippen molar-refractivity contribution in [1.82, 2.24) is 19.4 Å². The van der Waals surface area contributed by atoms with E-state index in [2.05, 4.69) is 10.3 Å². The maximum atomic E-state index is 14.2. The van der Waals surface area contributed by atoms with Gasteiger partial charge in [-0.05, 0) is 12.8 Å². The fourth-order valence-corrected chi connectivity index (χ4v) is 3.09. The fourth-order valence-electron chi connectivity index (χ4n) is 3.09. The van der Waals surface area contributed by atoms with Gasteiger partial charge in [-0.3, -0.25) is 9.13 Å². The summed E-state index contributed by atoms with van der Waals surface area (Å²) in [5.74, 6) is -0.479. The number of aryl methyl sites for hydroxylation is 2. The van der Waals surface area contributed by atoms with Crippen LogP contribution in [0.4, 0.5) is 8.78 Å². The van der Waals surface area contributed by atoms with E-state index in [0.29, 0.717) is 17.6 Å². The molecule has 120 valence electrons. The lowest BCUT2D eigenvalue weighted by Crippen LogP contribution is -2.39. The van der Waals surface area contributed by atoms with Gasteiger partial charge in [0.1, 0.15) is 12.0 Å². The molecule has 5 nitrogen and oxygen atoms in total. The van der Waals surface area contributed by atoms with E-state index in [1.807, 2.05) is 0 Å². The van der Waals surface area contributed by atoms with Crippen molar-refractivity contribution in [3.05, 3.63) is 28.1 Å². The van der Waals surface area contributed by atoms with E-state index in [0.717, 1.165) is 19.3 Å². The van der Waals surface area contributed by atoms with Gasteiger partial charge in [-0.2, -0.15) is 0 Å².